The second kappa shape index (κ2) is 5.52. The van der Waals surface area contributed by atoms with Crippen LogP contribution in [0.4, 0.5) is 4.39 Å². The molecule has 1 heterocycles. The molecule has 1 atom stereocenters. The summed E-state index contributed by atoms with van der Waals surface area (Å²) in [5.74, 6) is -1.03. The van der Waals surface area contributed by atoms with Crippen LogP contribution in [0.5, 0.6) is 0 Å². The van der Waals surface area contributed by atoms with Crippen LogP contribution >= 0.6 is 0 Å². The van der Waals surface area contributed by atoms with Gasteiger partial charge in [0.05, 0.1) is 5.71 Å². The molecule has 1 aliphatic heterocycles. The summed E-state index contributed by atoms with van der Waals surface area (Å²) in [6.45, 7) is 1.88. The SMILES string of the molecule is CC1=CC(=O)NC2=CC(=NC(=O)c3ccc(F)cc3)C=CC12. The lowest BCUT2D eigenvalue weighted by Gasteiger charge is -2.25. The number of amides is 2. The molecule has 1 N–H and O–H groups in total. The number of aliphatic imine (C=N–C) groups is 1. The number of carbonyl (C=O) groups is 2. The topological polar surface area (TPSA) is 58.5 Å². The maximum absolute atomic E-state index is 12.9. The average Bonchev–Trinajstić information content (AvgIpc) is 2.47. The monoisotopic (exact) mass is 296 g/mol. The highest BCUT2D eigenvalue weighted by molar-refractivity contribution is 6.14. The lowest BCUT2D eigenvalue weighted by atomic mass is 9.89. The number of hydrogen-bond donors (Lipinski definition) is 1. The normalized spacial score (nSPS) is 21.8. The van der Waals surface area contributed by atoms with E-state index < -0.39 is 11.7 Å². The van der Waals surface area contributed by atoms with Gasteiger partial charge in [-0.25, -0.2) is 9.38 Å². The lowest BCUT2D eigenvalue weighted by Crippen LogP contribution is -2.32. The third-order valence-corrected chi connectivity index (χ3v) is 3.54. The van der Waals surface area contributed by atoms with Gasteiger partial charge in [0, 0.05) is 23.3 Å². The van der Waals surface area contributed by atoms with Crippen molar-refractivity contribution < 1.29 is 14.0 Å². The summed E-state index contributed by atoms with van der Waals surface area (Å²) in [6.07, 6.45) is 6.86. The lowest BCUT2D eigenvalue weighted by molar-refractivity contribution is -0.116. The molecular weight excluding hydrogens is 283 g/mol. The van der Waals surface area contributed by atoms with Crippen molar-refractivity contribution in [3.8, 4) is 0 Å². The van der Waals surface area contributed by atoms with E-state index in [9.17, 15) is 14.0 Å². The largest absolute Gasteiger partial charge is 0.325 e. The average molecular weight is 296 g/mol. The summed E-state index contributed by atoms with van der Waals surface area (Å²) in [7, 11) is 0. The first-order valence-electron chi connectivity index (χ1n) is 6.80. The van der Waals surface area contributed by atoms with Crippen LogP contribution in [0.1, 0.15) is 17.3 Å². The summed E-state index contributed by atoms with van der Waals surface area (Å²) in [5.41, 5.74) is 2.41. The molecule has 3 rings (SSSR count). The molecule has 0 saturated heterocycles. The molecule has 0 saturated carbocycles. The fourth-order valence-corrected chi connectivity index (χ4v) is 2.43. The summed E-state index contributed by atoms with van der Waals surface area (Å²) < 4.78 is 12.9. The molecule has 1 aromatic carbocycles. The molecular formula is C17H13FN2O2. The Bertz CT molecular complexity index is 770. The highest BCUT2D eigenvalue weighted by Crippen LogP contribution is 2.26. The van der Waals surface area contributed by atoms with Crippen molar-refractivity contribution >= 4 is 17.5 Å². The van der Waals surface area contributed by atoms with E-state index in [0.717, 1.165) is 5.57 Å². The number of nitrogens with zero attached hydrogens (tertiary/aromatic N) is 1. The van der Waals surface area contributed by atoms with Gasteiger partial charge >= 0.3 is 0 Å². The number of rotatable bonds is 1. The number of carbonyl (C=O) groups excluding carboxylic acids is 2. The van der Waals surface area contributed by atoms with Gasteiger partial charge in [0.2, 0.25) is 5.91 Å². The van der Waals surface area contributed by atoms with Crippen molar-refractivity contribution in [2.45, 2.75) is 6.92 Å². The third-order valence-electron chi connectivity index (χ3n) is 3.54. The van der Waals surface area contributed by atoms with Crippen LogP contribution in [0.15, 0.2) is 64.8 Å². The second-order valence-corrected chi connectivity index (χ2v) is 5.16. The predicted molar refractivity (Wildman–Crippen MR) is 80.8 cm³/mol. The minimum Gasteiger partial charge on any atom is -0.325 e. The Morgan fingerprint density at radius 2 is 1.95 bits per heavy atom. The molecule has 0 spiro atoms. The molecule has 5 heteroatoms. The van der Waals surface area contributed by atoms with Crippen LogP contribution in [0, 0.1) is 11.7 Å². The van der Waals surface area contributed by atoms with Gasteiger partial charge in [-0.15, -0.1) is 0 Å². The molecule has 0 fully saturated rings. The molecule has 2 aliphatic rings. The van der Waals surface area contributed by atoms with Crippen molar-refractivity contribution in [3.63, 3.8) is 0 Å². The quantitative estimate of drug-likeness (QED) is 0.866. The van der Waals surface area contributed by atoms with E-state index in [1.54, 1.807) is 18.2 Å². The Hall–Kier alpha value is -2.82. The minimum atomic E-state index is -0.454. The van der Waals surface area contributed by atoms with Crippen molar-refractivity contribution in [3.05, 3.63) is 71.2 Å². The van der Waals surface area contributed by atoms with Crippen LogP contribution in [0.2, 0.25) is 0 Å². The number of halogens is 1. The van der Waals surface area contributed by atoms with E-state index >= 15 is 0 Å². The molecule has 2 amide bonds. The Balaban J connectivity index is 1.86. The first kappa shape index (κ1) is 14.1. The second-order valence-electron chi connectivity index (χ2n) is 5.16. The zero-order valence-corrected chi connectivity index (χ0v) is 11.8. The van der Waals surface area contributed by atoms with Crippen LogP contribution in [-0.4, -0.2) is 17.5 Å². The zero-order chi connectivity index (χ0) is 15.7. The molecule has 22 heavy (non-hydrogen) atoms. The fourth-order valence-electron chi connectivity index (χ4n) is 2.43. The fraction of sp³-hybridized carbons (Fsp3) is 0.118. The molecule has 0 radical (unpaired) electrons. The van der Waals surface area contributed by atoms with Gasteiger partial charge in [0.25, 0.3) is 5.91 Å². The summed E-state index contributed by atoms with van der Waals surface area (Å²) in [5, 5.41) is 2.75. The maximum Gasteiger partial charge on any atom is 0.277 e. The highest BCUT2D eigenvalue weighted by atomic mass is 19.1. The summed E-state index contributed by atoms with van der Waals surface area (Å²) >= 11 is 0. The van der Waals surface area contributed by atoms with Crippen LogP contribution in [0.25, 0.3) is 0 Å². The van der Waals surface area contributed by atoms with E-state index in [1.807, 2.05) is 13.0 Å². The molecule has 0 bridgehead atoms. The van der Waals surface area contributed by atoms with Gasteiger partial charge in [0.1, 0.15) is 5.82 Å². The zero-order valence-electron chi connectivity index (χ0n) is 11.8. The van der Waals surface area contributed by atoms with E-state index in [4.69, 9.17) is 0 Å². The van der Waals surface area contributed by atoms with Gasteiger partial charge in [-0.2, -0.15) is 0 Å². The van der Waals surface area contributed by atoms with Crippen LogP contribution in [0.3, 0.4) is 0 Å². The Kier molecular flexibility index (Phi) is 3.55. The minimum absolute atomic E-state index is 0.0116. The Labute approximate surface area is 126 Å². The van der Waals surface area contributed by atoms with Crippen LogP contribution in [-0.2, 0) is 4.79 Å². The van der Waals surface area contributed by atoms with E-state index in [2.05, 4.69) is 10.3 Å². The van der Waals surface area contributed by atoms with E-state index in [0.29, 0.717) is 17.0 Å². The van der Waals surface area contributed by atoms with Gasteiger partial charge in [0.15, 0.2) is 0 Å². The number of benzene rings is 1. The predicted octanol–water partition coefficient (Wildman–Crippen LogP) is 2.55. The van der Waals surface area contributed by atoms with Gasteiger partial charge in [-0.1, -0.05) is 11.6 Å². The molecule has 1 aromatic rings. The van der Waals surface area contributed by atoms with Crippen molar-refractivity contribution in [1.82, 2.24) is 5.32 Å². The number of fused-ring (bicyclic) bond motifs is 1. The van der Waals surface area contributed by atoms with E-state index in [-0.39, 0.29) is 11.8 Å². The number of allylic oxidation sites excluding steroid dienone is 3. The van der Waals surface area contributed by atoms with Gasteiger partial charge in [-0.05, 0) is 43.3 Å². The van der Waals surface area contributed by atoms with Crippen molar-refractivity contribution in [1.29, 1.82) is 0 Å². The first-order valence-corrected chi connectivity index (χ1v) is 6.80. The molecule has 1 aliphatic carbocycles. The molecule has 110 valence electrons. The summed E-state index contributed by atoms with van der Waals surface area (Å²) in [4.78, 5) is 27.6. The molecule has 4 nitrogen and oxygen atoms in total. The standard InChI is InChI=1S/C17H13FN2O2/c1-10-8-16(21)20-15-9-13(6-7-14(10)15)19-17(22)11-2-4-12(18)5-3-11/h2-9,14H,1H3,(H,20,21). The molecule has 1 unspecified atom stereocenters. The first-order chi connectivity index (χ1) is 10.5. The van der Waals surface area contributed by atoms with Crippen molar-refractivity contribution in [2.75, 3.05) is 0 Å². The van der Waals surface area contributed by atoms with Crippen molar-refractivity contribution in [2.24, 2.45) is 10.9 Å². The van der Waals surface area contributed by atoms with Gasteiger partial charge in [-0.3, -0.25) is 9.59 Å². The van der Waals surface area contributed by atoms with Gasteiger partial charge < -0.3 is 5.32 Å². The summed E-state index contributed by atoms with van der Waals surface area (Å²) in [6, 6.07) is 5.21. The Morgan fingerprint density at radius 1 is 1.23 bits per heavy atom. The van der Waals surface area contributed by atoms with Crippen LogP contribution < -0.4 is 5.32 Å². The molecule has 0 aromatic heterocycles. The third kappa shape index (κ3) is 2.79. The highest BCUT2D eigenvalue weighted by Gasteiger charge is 2.23. The Morgan fingerprint density at radius 3 is 2.68 bits per heavy atom. The van der Waals surface area contributed by atoms with E-state index in [1.165, 1.54) is 24.3 Å². The number of nitrogens with one attached hydrogen (secondary N) is 1. The number of hydrogen-bond acceptors (Lipinski definition) is 2. The smallest absolute Gasteiger partial charge is 0.277 e. The maximum atomic E-state index is 12.9.